The molecule has 0 spiro atoms. The first-order chi connectivity index (χ1) is 26.4. The normalized spacial score (nSPS) is 14.4. The topological polar surface area (TPSA) is 117 Å². The summed E-state index contributed by atoms with van der Waals surface area (Å²) in [6.07, 6.45) is 53.1. The Morgan fingerprint density at radius 3 is 1.46 bits per heavy atom. The van der Waals surface area contributed by atoms with Crippen LogP contribution in [0.3, 0.4) is 0 Å². The monoisotopic (exact) mass is 776 g/mol. The van der Waals surface area contributed by atoms with Gasteiger partial charge in [0.25, 0.3) is 0 Å². The Morgan fingerprint density at radius 2 is 0.981 bits per heavy atom. The average Bonchev–Trinajstić information content (AvgIpc) is 3.16. The summed E-state index contributed by atoms with van der Waals surface area (Å²) in [4.78, 5) is 22.5. The largest absolute Gasteiger partial charge is 0.472 e. The predicted molar refractivity (Wildman–Crippen MR) is 228 cm³/mol. The Hall–Kier alpha value is -2.32. The highest BCUT2D eigenvalue weighted by molar-refractivity contribution is 7.47. The number of rotatable bonds is 39. The Balaban J connectivity index is 4.12. The van der Waals surface area contributed by atoms with Crippen LogP contribution in [0.15, 0.2) is 85.1 Å². The summed E-state index contributed by atoms with van der Waals surface area (Å²) < 4.78 is 33.4. The van der Waals surface area contributed by atoms with Gasteiger partial charge in [-0.1, -0.05) is 150 Å². The van der Waals surface area contributed by atoms with Gasteiger partial charge in [0.15, 0.2) is 0 Å². The lowest BCUT2D eigenvalue weighted by Crippen LogP contribution is -2.28. The number of esters is 1. The zero-order valence-corrected chi connectivity index (χ0v) is 35.1. The molecule has 310 valence electrons. The van der Waals surface area contributed by atoms with Gasteiger partial charge in [-0.05, 0) is 83.5 Å². The van der Waals surface area contributed by atoms with Gasteiger partial charge < -0.3 is 20.1 Å². The fourth-order valence-corrected chi connectivity index (χ4v) is 6.06. The molecule has 0 fully saturated rings. The van der Waals surface area contributed by atoms with Crippen LogP contribution < -0.4 is 5.73 Å². The van der Waals surface area contributed by atoms with Crippen LogP contribution in [-0.2, 0) is 27.9 Å². The Morgan fingerprint density at radius 1 is 0.556 bits per heavy atom. The number of phosphoric acid groups is 1. The van der Waals surface area contributed by atoms with Gasteiger partial charge in [-0.25, -0.2) is 4.57 Å². The van der Waals surface area contributed by atoms with Gasteiger partial charge in [-0.3, -0.25) is 13.8 Å². The minimum absolute atomic E-state index is 0.0899. The van der Waals surface area contributed by atoms with E-state index in [0.717, 1.165) is 96.3 Å². The molecule has 0 aromatic heterocycles. The number of allylic oxidation sites excluding steroid dienone is 14. The minimum Gasteiger partial charge on any atom is -0.457 e. The third-order valence-electron chi connectivity index (χ3n) is 8.31. The second kappa shape index (κ2) is 41.8. The predicted octanol–water partition coefficient (Wildman–Crippen LogP) is 12.5. The van der Waals surface area contributed by atoms with Crippen LogP contribution in [0.25, 0.3) is 0 Å². The molecule has 0 aliphatic heterocycles. The number of nitrogens with two attached hydrogens (primary N) is 1. The smallest absolute Gasteiger partial charge is 0.457 e. The van der Waals surface area contributed by atoms with Crippen LogP contribution in [0.4, 0.5) is 0 Å². The molecule has 0 amide bonds. The molecule has 9 heteroatoms. The summed E-state index contributed by atoms with van der Waals surface area (Å²) in [5.41, 5.74) is 5.36. The Kier molecular flexibility index (Phi) is 40.0. The van der Waals surface area contributed by atoms with Crippen LogP contribution in [0, 0.1) is 0 Å². The summed E-state index contributed by atoms with van der Waals surface area (Å²) in [5, 5.41) is 0. The van der Waals surface area contributed by atoms with Crippen molar-refractivity contribution < 1.29 is 32.8 Å². The van der Waals surface area contributed by atoms with E-state index in [1.54, 1.807) is 0 Å². The molecule has 0 aliphatic carbocycles. The number of phosphoric ester groups is 1. The van der Waals surface area contributed by atoms with Gasteiger partial charge in [0, 0.05) is 19.6 Å². The van der Waals surface area contributed by atoms with Gasteiger partial charge in [0.2, 0.25) is 0 Å². The average molecular weight is 776 g/mol. The van der Waals surface area contributed by atoms with Crippen LogP contribution in [0.5, 0.6) is 0 Å². The summed E-state index contributed by atoms with van der Waals surface area (Å²) in [7, 11) is -4.29. The minimum atomic E-state index is -4.29. The van der Waals surface area contributed by atoms with Crippen molar-refractivity contribution in [3.8, 4) is 0 Å². The van der Waals surface area contributed by atoms with E-state index in [-0.39, 0.29) is 38.8 Å². The van der Waals surface area contributed by atoms with E-state index in [4.69, 9.17) is 24.3 Å². The molecule has 0 rings (SSSR count). The third-order valence-corrected chi connectivity index (χ3v) is 9.29. The van der Waals surface area contributed by atoms with Crippen molar-refractivity contribution in [2.45, 2.75) is 161 Å². The lowest BCUT2D eigenvalue weighted by Gasteiger charge is -2.20. The molecule has 2 atom stereocenters. The van der Waals surface area contributed by atoms with Crippen LogP contribution >= 0.6 is 7.82 Å². The van der Waals surface area contributed by atoms with E-state index in [9.17, 15) is 14.3 Å². The molecular weight excluding hydrogens is 697 g/mol. The lowest BCUT2D eigenvalue weighted by atomic mass is 10.1. The maximum Gasteiger partial charge on any atom is 0.472 e. The summed E-state index contributed by atoms with van der Waals surface area (Å²) >= 11 is 0. The number of hydrogen-bond acceptors (Lipinski definition) is 7. The van der Waals surface area contributed by atoms with E-state index in [0.29, 0.717) is 6.61 Å². The van der Waals surface area contributed by atoms with E-state index >= 15 is 0 Å². The molecule has 0 bridgehead atoms. The zero-order valence-electron chi connectivity index (χ0n) is 34.2. The maximum absolute atomic E-state index is 12.6. The maximum atomic E-state index is 12.6. The van der Waals surface area contributed by atoms with Gasteiger partial charge in [-0.15, -0.1) is 0 Å². The lowest BCUT2D eigenvalue weighted by molar-refractivity contribution is -0.154. The zero-order chi connectivity index (χ0) is 39.5. The highest BCUT2D eigenvalue weighted by atomic mass is 31.2. The molecule has 0 aliphatic rings. The molecule has 3 N–H and O–H groups in total. The number of ether oxygens (including phenoxy) is 2. The van der Waals surface area contributed by atoms with Gasteiger partial charge in [-0.2, -0.15) is 0 Å². The fraction of sp³-hybridized carbons (Fsp3) is 0.667. The molecule has 8 nitrogen and oxygen atoms in total. The molecule has 0 saturated carbocycles. The van der Waals surface area contributed by atoms with Crippen molar-refractivity contribution >= 4 is 13.8 Å². The molecule has 2 unspecified atom stereocenters. The summed E-state index contributed by atoms with van der Waals surface area (Å²) in [6.45, 7) is 4.62. The van der Waals surface area contributed by atoms with Crippen molar-refractivity contribution in [3.05, 3.63) is 85.1 Å². The van der Waals surface area contributed by atoms with E-state index in [2.05, 4.69) is 98.9 Å². The van der Waals surface area contributed by atoms with E-state index in [1.807, 2.05) is 0 Å². The summed E-state index contributed by atoms with van der Waals surface area (Å²) in [6, 6.07) is 0. The fourth-order valence-electron chi connectivity index (χ4n) is 5.29. The molecule has 0 heterocycles. The second-order valence-electron chi connectivity index (χ2n) is 13.4. The van der Waals surface area contributed by atoms with Crippen molar-refractivity contribution in [1.82, 2.24) is 0 Å². The Bertz CT molecular complexity index is 1100. The second-order valence-corrected chi connectivity index (χ2v) is 14.9. The standard InChI is InChI=1S/C45H78NO7P/c1-3-5-7-9-11-13-15-17-19-21-23-25-27-29-31-33-35-37-40-50-42-44(43-52-54(48,49)51-41-39-46)53-45(47)38-36-34-32-30-28-26-24-22-20-18-16-14-12-10-8-6-4-2/h5-8,11-14,17-20,24,26,44H,3-4,9-10,15-16,21-23,25,27-43,46H2,1-2H3,(H,48,49)/b7-5-,8-6-,13-11-,14-12-,19-17-,20-18-,26-24-. The van der Waals surface area contributed by atoms with Crippen LogP contribution in [0.1, 0.15) is 155 Å². The van der Waals surface area contributed by atoms with Crippen molar-refractivity contribution in [1.29, 1.82) is 0 Å². The highest BCUT2D eigenvalue weighted by Gasteiger charge is 2.25. The summed E-state index contributed by atoms with van der Waals surface area (Å²) in [5.74, 6) is -0.360. The molecule has 0 radical (unpaired) electrons. The Labute approximate surface area is 330 Å². The molecule has 0 aromatic carbocycles. The highest BCUT2D eigenvalue weighted by Crippen LogP contribution is 2.43. The van der Waals surface area contributed by atoms with Crippen molar-refractivity contribution in [3.63, 3.8) is 0 Å². The number of carbonyl (C=O) groups excluding carboxylic acids is 1. The van der Waals surface area contributed by atoms with Gasteiger partial charge in [0.1, 0.15) is 6.10 Å². The van der Waals surface area contributed by atoms with Crippen molar-refractivity contribution in [2.24, 2.45) is 5.73 Å². The first-order valence-corrected chi connectivity index (χ1v) is 22.6. The van der Waals surface area contributed by atoms with Gasteiger partial charge >= 0.3 is 13.8 Å². The van der Waals surface area contributed by atoms with Gasteiger partial charge in [0.05, 0.1) is 19.8 Å². The van der Waals surface area contributed by atoms with Crippen LogP contribution in [0.2, 0.25) is 0 Å². The molecule has 54 heavy (non-hydrogen) atoms. The number of hydrogen-bond donors (Lipinski definition) is 2. The quantitative estimate of drug-likeness (QED) is 0.0274. The first kappa shape index (κ1) is 51.7. The van der Waals surface area contributed by atoms with E-state index in [1.165, 1.54) is 38.5 Å². The van der Waals surface area contributed by atoms with Crippen molar-refractivity contribution in [2.75, 3.05) is 33.0 Å². The number of unbranched alkanes of at least 4 members (excludes halogenated alkanes) is 12. The van der Waals surface area contributed by atoms with Crippen LogP contribution in [-0.4, -0.2) is 49.9 Å². The first-order valence-electron chi connectivity index (χ1n) is 21.1. The third kappa shape index (κ3) is 40.9. The molecule has 0 saturated heterocycles. The SMILES string of the molecule is CC/C=C\C/C=C\C/C=C\C/C=C\CCCCCCC(=O)OC(COCCCCCCCCCC/C=C\C/C=C\C/C=C\CC)COP(=O)(O)OCCN. The molecule has 0 aromatic rings. The van der Waals surface area contributed by atoms with E-state index < -0.39 is 13.9 Å². The number of carbonyl (C=O) groups is 1. The molecular formula is C45H78NO7P.